The van der Waals surface area contributed by atoms with E-state index in [0.717, 1.165) is 40.6 Å². The number of rotatable bonds is 5. The average Bonchev–Trinajstić information content (AvgIpc) is 3.48. The molecular formula is C25H24ClN7O3. The number of nitrogens with one attached hydrogen (secondary N) is 1. The molecule has 1 aliphatic heterocycles. The van der Waals surface area contributed by atoms with E-state index in [4.69, 9.17) is 16.3 Å². The van der Waals surface area contributed by atoms with Crippen LogP contribution >= 0.6 is 11.6 Å². The molecule has 0 aliphatic carbocycles. The standard InChI is InChI=1S/C25H24ClN7O3/c1-30-5-3-22(34)32(25(30)35)12-16-8-21-23(28-15-29-33(21)13-16)20-10-18(26)9-17-2-6-31(24(17)20)14-19-11-27-4-7-36-19/h2-3,5-6,8-10,13,15,19,27H,4,7,11-12,14H2,1H3/t19-/m0/s1. The number of nitrogens with zero attached hydrogens (tertiary/aromatic N) is 6. The van der Waals surface area contributed by atoms with Crippen LogP contribution in [0.1, 0.15) is 5.56 Å². The first-order chi connectivity index (χ1) is 17.5. The number of aryl methyl sites for hydroxylation is 1. The molecule has 1 aromatic carbocycles. The molecule has 1 saturated heterocycles. The molecule has 0 saturated carbocycles. The van der Waals surface area contributed by atoms with Gasteiger partial charge in [0.15, 0.2) is 0 Å². The first-order valence-corrected chi connectivity index (χ1v) is 12.1. The first kappa shape index (κ1) is 22.7. The van der Waals surface area contributed by atoms with E-state index in [9.17, 15) is 9.59 Å². The van der Waals surface area contributed by atoms with Crippen LogP contribution in [-0.2, 0) is 24.9 Å². The minimum absolute atomic E-state index is 0.0648. The van der Waals surface area contributed by atoms with Crippen molar-refractivity contribution in [2.24, 2.45) is 7.05 Å². The van der Waals surface area contributed by atoms with Crippen LogP contribution in [0.4, 0.5) is 0 Å². The fourth-order valence-electron chi connectivity index (χ4n) is 4.82. The topological polar surface area (TPSA) is 100 Å². The molecule has 1 aliphatic rings. The van der Waals surface area contributed by atoms with Gasteiger partial charge >= 0.3 is 5.69 Å². The summed E-state index contributed by atoms with van der Waals surface area (Å²) in [7, 11) is 1.62. The highest BCUT2D eigenvalue weighted by Crippen LogP contribution is 2.34. The predicted molar refractivity (Wildman–Crippen MR) is 137 cm³/mol. The summed E-state index contributed by atoms with van der Waals surface area (Å²) in [4.78, 5) is 29.5. The van der Waals surface area contributed by atoms with Crippen molar-refractivity contribution in [1.82, 2.24) is 33.6 Å². The maximum atomic E-state index is 12.5. The van der Waals surface area contributed by atoms with Crippen molar-refractivity contribution in [3.8, 4) is 11.3 Å². The van der Waals surface area contributed by atoms with Crippen LogP contribution in [-0.4, -0.2) is 54.1 Å². The third-order valence-corrected chi connectivity index (χ3v) is 6.75. The lowest BCUT2D eigenvalue weighted by atomic mass is 10.1. The summed E-state index contributed by atoms with van der Waals surface area (Å²) >= 11 is 6.52. The number of fused-ring (bicyclic) bond motifs is 2. The van der Waals surface area contributed by atoms with E-state index in [-0.39, 0.29) is 23.9 Å². The minimum atomic E-state index is -0.377. The third kappa shape index (κ3) is 4.02. The zero-order chi connectivity index (χ0) is 24.8. The van der Waals surface area contributed by atoms with Gasteiger partial charge in [-0.2, -0.15) is 5.10 Å². The van der Waals surface area contributed by atoms with Gasteiger partial charge in [-0.1, -0.05) is 11.6 Å². The van der Waals surface area contributed by atoms with Crippen molar-refractivity contribution in [2.75, 3.05) is 19.7 Å². The Morgan fingerprint density at radius 1 is 1.19 bits per heavy atom. The van der Waals surface area contributed by atoms with Gasteiger partial charge in [-0.3, -0.25) is 9.36 Å². The molecule has 4 aromatic heterocycles. The molecule has 0 spiro atoms. The van der Waals surface area contributed by atoms with Gasteiger partial charge in [-0.25, -0.2) is 14.3 Å². The third-order valence-electron chi connectivity index (χ3n) is 6.53. The van der Waals surface area contributed by atoms with Crippen LogP contribution < -0.4 is 16.6 Å². The van der Waals surface area contributed by atoms with Crippen LogP contribution in [0.2, 0.25) is 5.02 Å². The van der Waals surface area contributed by atoms with Crippen molar-refractivity contribution in [3.63, 3.8) is 0 Å². The molecule has 0 amide bonds. The minimum Gasteiger partial charge on any atom is -0.374 e. The molecule has 0 bridgehead atoms. The predicted octanol–water partition coefficient (Wildman–Crippen LogP) is 1.90. The number of halogens is 1. The lowest BCUT2D eigenvalue weighted by Crippen LogP contribution is -2.40. The van der Waals surface area contributed by atoms with Gasteiger partial charge in [0, 0.05) is 60.8 Å². The van der Waals surface area contributed by atoms with Gasteiger partial charge in [-0.05, 0) is 29.8 Å². The average molecular weight is 506 g/mol. The molecule has 1 N–H and O–H groups in total. The highest BCUT2D eigenvalue weighted by molar-refractivity contribution is 6.32. The van der Waals surface area contributed by atoms with Crippen molar-refractivity contribution in [3.05, 3.63) is 86.7 Å². The summed E-state index contributed by atoms with van der Waals surface area (Å²) in [5, 5.41) is 9.35. The highest BCUT2D eigenvalue weighted by Gasteiger charge is 2.19. The maximum Gasteiger partial charge on any atom is 0.331 e. The van der Waals surface area contributed by atoms with E-state index < -0.39 is 0 Å². The number of aromatic nitrogens is 6. The Bertz CT molecular complexity index is 1710. The highest BCUT2D eigenvalue weighted by atomic mass is 35.5. The Balaban J connectivity index is 1.46. The van der Waals surface area contributed by atoms with Gasteiger partial charge in [0.1, 0.15) is 6.33 Å². The second-order valence-corrected chi connectivity index (χ2v) is 9.41. The van der Waals surface area contributed by atoms with Crippen LogP contribution in [0, 0.1) is 0 Å². The van der Waals surface area contributed by atoms with Crippen molar-refractivity contribution < 1.29 is 4.74 Å². The molecule has 5 aromatic rings. The quantitative estimate of drug-likeness (QED) is 0.391. The lowest BCUT2D eigenvalue weighted by molar-refractivity contribution is 0.0189. The smallest absolute Gasteiger partial charge is 0.331 e. The molecular weight excluding hydrogens is 482 g/mol. The second-order valence-electron chi connectivity index (χ2n) is 8.98. The van der Waals surface area contributed by atoms with E-state index >= 15 is 0 Å². The number of morpholine rings is 1. The van der Waals surface area contributed by atoms with E-state index in [2.05, 4.69) is 20.0 Å². The zero-order valence-electron chi connectivity index (χ0n) is 19.6. The van der Waals surface area contributed by atoms with Crippen molar-refractivity contribution >= 4 is 28.0 Å². The summed E-state index contributed by atoms with van der Waals surface area (Å²) in [6.07, 6.45) is 6.88. The molecule has 0 unspecified atom stereocenters. The van der Waals surface area contributed by atoms with E-state index in [1.807, 2.05) is 36.7 Å². The molecule has 184 valence electrons. The SMILES string of the molecule is Cn1ccc(=O)n(Cc2cc3c(-c4cc(Cl)cc5ccn(C[C@@H]6CNCCO6)c45)ncnn3c2)c1=O. The molecule has 11 heteroatoms. The number of benzene rings is 1. The van der Waals surface area contributed by atoms with Crippen LogP contribution in [0.15, 0.2) is 64.8 Å². The normalized spacial score (nSPS) is 16.2. The molecule has 1 atom stereocenters. The summed E-state index contributed by atoms with van der Waals surface area (Å²) in [6, 6.07) is 9.18. The number of hydrogen-bond donors (Lipinski definition) is 1. The lowest BCUT2D eigenvalue weighted by Gasteiger charge is -2.24. The monoisotopic (exact) mass is 505 g/mol. The number of hydrogen-bond acceptors (Lipinski definition) is 6. The van der Waals surface area contributed by atoms with Crippen LogP contribution in [0.3, 0.4) is 0 Å². The fraction of sp³-hybridized carbons (Fsp3) is 0.280. The molecule has 5 heterocycles. The Morgan fingerprint density at radius 3 is 2.92 bits per heavy atom. The Kier molecular flexibility index (Phi) is 5.71. The van der Waals surface area contributed by atoms with Crippen LogP contribution in [0.25, 0.3) is 27.7 Å². The van der Waals surface area contributed by atoms with Gasteiger partial charge in [0.2, 0.25) is 0 Å². The molecule has 0 radical (unpaired) electrons. The summed E-state index contributed by atoms with van der Waals surface area (Å²) in [6.45, 7) is 3.16. The van der Waals surface area contributed by atoms with Gasteiger partial charge < -0.3 is 19.2 Å². The summed E-state index contributed by atoms with van der Waals surface area (Å²) in [5.74, 6) is 0. The van der Waals surface area contributed by atoms with Gasteiger partial charge in [-0.15, -0.1) is 0 Å². The molecule has 10 nitrogen and oxygen atoms in total. The van der Waals surface area contributed by atoms with Crippen LogP contribution in [0.5, 0.6) is 0 Å². The summed E-state index contributed by atoms with van der Waals surface area (Å²) in [5.41, 5.74) is 3.37. The number of ether oxygens (including phenoxy) is 1. The first-order valence-electron chi connectivity index (χ1n) is 11.7. The largest absolute Gasteiger partial charge is 0.374 e. The van der Waals surface area contributed by atoms with Gasteiger partial charge in [0.05, 0.1) is 42.5 Å². The molecule has 6 rings (SSSR count). The second kappa shape index (κ2) is 9.05. The summed E-state index contributed by atoms with van der Waals surface area (Å²) < 4.78 is 12.4. The fourth-order valence-corrected chi connectivity index (χ4v) is 5.05. The Hall–Kier alpha value is -3.73. The molecule has 1 fully saturated rings. The van der Waals surface area contributed by atoms with E-state index in [0.29, 0.717) is 23.9 Å². The van der Waals surface area contributed by atoms with Gasteiger partial charge in [0.25, 0.3) is 5.56 Å². The molecule has 36 heavy (non-hydrogen) atoms. The van der Waals surface area contributed by atoms with Crippen molar-refractivity contribution in [2.45, 2.75) is 19.2 Å². The Labute approximate surface area is 210 Å². The maximum absolute atomic E-state index is 12.5. The van der Waals surface area contributed by atoms with E-state index in [1.165, 1.54) is 27.7 Å². The van der Waals surface area contributed by atoms with Crippen molar-refractivity contribution in [1.29, 1.82) is 0 Å². The zero-order valence-corrected chi connectivity index (χ0v) is 20.4. The van der Waals surface area contributed by atoms with E-state index in [1.54, 1.807) is 11.6 Å². The Morgan fingerprint density at radius 2 is 2.08 bits per heavy atom.